The predicted molar refractivity (Wildman–Crippen MR) is 137 cm³/mol. The van der Waals surface area contributed by atoms with E-state index >= 15 is 0 Å². The lowest BCUT2D eigenvalue weighted by atomic mass is 10.1. The molecule has 2 heterocycles. The number of fused-ring (bicyclic) bond motifs is 1. The molecular formula is C27H24ClN3O6. The van der Waals surface area contributed by atoms with Crippen molar-refractivity contribution >= 4 is 40.7 Å². The largest absolute Gasteiger partial charge is 0.484 e. The highest BCUT2D eigenvalue weighted by Crippen LogP contribution is 2.32. The van der Waals surface area contributed by atoms with Gasteiger partial charge in [0.15, 0.2) is 18.1 Å². The van der Waals surface area contributed by atoms with E-state index in [2.05, 4.69) is 10.6 Å². The highest BCUT2D eigenvalue weighted by Gasteiger charge is 2.35. The second-order valence-electron chi connectivity index (χ2n) is 8.65. The Morgan fingerprint density at radius 2 is 1.76 bits per heavy atom. The van der Waals surface area contributed by atoms with Crippen molar-refractivity contribution in [2.24, 2.45) is 5.92 Å². The molecule has 2 aliphatic rings. The van der Waals surface area contributed by atoms with E-state index in [0.29, 0.717) is 40.2 Å². The standard InChI is InChI=1S/C27H24ClN3O6/c28-19-2-4-20(5-3-19)30-25(32)15-35-22-8-6-21(7-9-22)31-14-18(12-26(31)33)27(34)29-13-17-1-10-23-24(11-17)37-16-36-23/h1-11,18H,12-16H2,(H,29,34)(H,30,32)/t18-/m0/s1. The lowest BCUT2D eigenvalue weighted by Gasteiger charge is -2.17. The van der Waals surface area contributed by atoms with Gasteiger partial charge in [0, 0.05) is 35.9 Å². The maximum atomic E-state index is 12.7. The molecule has 37 heavy (non-hydrogen) atoms. The van der Waals surface area contributed by atoms with Gasteiger partial charge in [-0.2, -0.15) is 0 Å². The van der Waals surface area contributed by atoms with Crippen molar-refractivity contribution in [2.75, 3.05) is 30.2 Å². The Morgan fingerprint density at radius 3 is 2.54 bits per heavy atom. The zero-order valence-electron chi connectivity index (χ0n) is 19.7. The van der Waals surface area contributed by atoms with Crippen LogP contribution in [0.5, 0.6) is 17.2 Å². The maximum Gasteiger partial charge on any atom is 0.262 e. The molecular weight excluding hydrogens is 498 g/mol. The Labute approximate surface area is 218 Å². The van der Waals surface area contributed by atoms with Gasteiger partial charge in [0.05, 0.1) is 5.92 Å². The summed E-state index contributed by atoms with van der Waals surface area (Å²) >= 11 is 5.85. The normalized spacial score (nSPS) is 16.0. The molecule has 2 N–H and O–H groups in total. The first kappa shape index (κ1) is 24.5. The van der Waals surface area contributed by atoms with Gasteiger partial charge >= 0.3 is 0 Å². The lowest BCUT2D eigenvalue weighted by molar-refractivity contribution is -0.126. The monoisotopic (exact) mass is 521 g/mol. The molecule has 3 aromatic carbocycles. The molecule has 0 radical (unpaired) electrons. The van der Waals surface area contributed by atoms with E-state index in [4.69, 9.17) is 25.8 Å². The Kier molecular flexibility index (Phi) is 7.14. The van der Waals surface area contributed by atoms with Gasteiger partial charge < -0.3 is 29.7 Å². The maximum absolute atomic E-state index is 12.7. The van der Waals surface area contributed by atoms with Crippen LogP contribution < -0.4 is 29.7 Å². The number of hydrogen-bond donors (Lipinski definition) is 2. The van der Waals surface area contributed by atoms with Crippen molar-refractivity contribution in [1.29, 1.82) is 0 Å². The minimum absolute atomic E-state index is 0.126. The third kappa shape index (κ3) is 5.95. The number of anilines is 2. The van der Waals surface area contributed by atoms with Gasteiger partial charge in [0.25, 0.3) is 5.91 Å². The summed E-state index contributed by atoms with van der Waals surface area (Å²) in [6, 6.07) is 19.1. The average Bonchev–Trinajstić information content (AvgIpc) is 3.54. The molecule has 0 bridgehead atoms. The topological polar surface area (TPSA) is 106 Å². The highest BCUT2D eigenvalue weighted by molar-refractivity contribution is 6.30. The third-order valence-corrected chi connectivity index (χ3v) is 6.30. The molecule has 1 atom stereocenters. The number of carbonyl (C=O) groups excluding carboxylic acids is 3. The van der Waals surface area contributed by atoms with E-state index in [1.54, 1.807) is 53.4 Å². The average molecular weight is 522 g/mol. The van der Waals surface area contributed by atoms with Crippen LogP contribution in [-0.4, -0.2) is 37.7 Å². The molecule has 0 spiro atoms. The van der Waals surface area contributed by atoms with Crippen molar-refractivity contribution in [3.63, 3.8) is 0 Å². The van der Waals surface area contributed by atoms with Gasteiger partial charge in [-0.05, 0) is 66.2 Å². The Balaban J connectivity index is 1.10. The van der Waals surface area contributed by atoms with Crippen molar-refractivity contribution < 1.29 is 28.6 Å². The van der Waals surface area contributed by atoms with Crippen LogP contribution in [0.15, 0.2) is 66.7 Å². The summed E-state index contributed by atoms with van der Waals surface area (Å²) < 4.78 is 16.2. The fraction of sp³-hybridized carbons (Fsp3) is 0.222. The number of nitrogens with one attached hydrogen (secondary N) is 2. The van der Waals surface area contributed by atoms with Crippen molar-refractivity contribution in [1.82, 2.24) is 5.32 Å². The number of amides is 3. The molecule has 0 unspecified atom stereocenters. The van der Waals surface area contributed by atoms with Crippen LogP contribution in [0.2, 0.25) is 5.02 Å². The summed E-state index contributed by atoms with van der Waals surface area (Å²) in [6.07, 6.45) is 0.135. The molecule has 3 aromatic rings. The molecule has 10 heteroatoms. The van der Waals surface area contributed by atoms with E-state index in [1.165, 1.54) is 0 Å². The predicted octanol–water partition coefficient (Wildman–Crippen LogP) is 3.76. The zero-order valence-corrected chi connectivity index (χ0v) is 20.5. The van der Waals surface area contributed by atoms with Crippen molar-refractivity contribution in [3.8, 4) is 17.2 Å². The van der Waals surface area contributed by atoms with Gasteiger partial charge in [-0.15, -0.1) is 0 Å². The van der Waals surface area contributed by atoms with Gasteiger partial charge in [0.1, 0.15) is 5.75 Å². The third-order valence-electron chi connectivity index (χ3n) is 6.05. The number of halogens is 1. The Morgan fingerprint density at radius 1 is 1.00 bits per heavy atom. The minimum Gasteiger partial charge on any atom is -0.484 e. The van der Waals surface area contributed by atoms with Crippen molar-refractivity contribution in [3.05, 3.63) is 77.3 Å². The second-order valence-corrected chi connectivity index (χ2v) is 9.08. The zero-order chi connectivity index (χ0) is 25.8. The van der Waals surface area contributed by atoms with Gasteiger partial charge in [-0.3, -0.25) is 14.4 Å². The minimum atomic E-state index is -0.450. The van der Waals surface area contributed by atoms with Crippen LogP contribution in [0.3, 0.4) is 0 Å². The second kappa shape index (κ2) is 10.8. The molecule has 190 valence electrons. The quantitative estimate of drug-likeness (QED) is 0.467. The number of hydrogen-bond acceptors (Lipinski definition) is 6. The first-order valence-corrected chi connectivity index (χ1v) is 12.1. The Hall–Kier alpha value is -4.24. The van der Waals surface area contributed by atoms with E-state index in [9.17, 15) is 14.4 Å². The fourth-order valence-electron chi connectivity index (χ4n) is 4.12. The molecule has 3 amide bonds. The molecule has 5 rings (SSSR count). The smallest absolute Gasteiger partial charge is 0.262 e. The number of carbonyl (C=O) groups is 3. The number of rotatable bonds is 8. The number of nitrogens with zero attached hydrogens (tertiary/aromatic N) is 1. The summed E-state index contributed by atoms with van der Waals surface area (Å²) in [4.78, 5) is 39.0. The van der Waals surface area contributed by atoms with Crippen LogP contribution in [0, 0.1) is 5.92 Å². The summed E-state index contributed by atoms with van der Waals surface area (Å²) in [5.74, 6) is 0.761. The van der Waals surface area contributed by atoms with Gasteiger partial charge in [-0.1, -0.05) is 17.7 Å². The van der Waals surface area contributed by atoms with E-state index in [1.807, 2.05) is 18.2 Å². The van der Waals surface area contributed by atoms with Crippen LogP contribution in [0.1, 0.15) is 12.0 Å². The highest BCUT2D eigenvalue weighted by atomic mass is 35.5. The molecule has 1 saturated heterocycles. The lowest BCUT2D eigenvalue weighted by Crippen LogP contribution is -2.32. The fourth-order valence-corrected chi connectivity index (χ4v) is 4.24. The Bertz CT molecular complexity index is 1310. The molecule has 0 saturated carbocycles. The van der Waals surface area contributed by atoms with Crippen LogP contribution in [0.25, 0.3) is 0 Å². The SMILES string of the molecule is O=C(COc1ccc(N2C[C@@H](C(=O)NCc3ccc4c(c3)OCO4)CC2=O)cc1)Nc1ccc(Cl)cc1. The molecule has 9 nitrogen and oxygen atoms in total. The summed E-state index contributed by atoms with van der Waals surface area (Å²) in [6.45, 7) is 0.640. The van der Waals surface area contributed by atoms with Crippen LogP contribution >= 0.6 is 11.6 Å². The van der Waals surface area contributed by atoms with Gasteiger partial charge in [-0.25, -0.2) is 0 Å². The first-order chi connectivity index (χ1) is 17.9. The van der Waals surface area contributed by atoms with E-state index < -0.39 is 5.92 Å². The van der Waals surface area contributed by atoms with Crippen molar-refractivity contribution in [2.45, 2.75) is 13.0 Å². The molecule has 2 aliphatic heterocycles. The van der Waals surface area contributed by atoms with Gasteiger partial charge in [0.2, 0.25) is 18.6 Å². The summed E-state index contributed by atoms with van der Waals surface area (Å²) in [5, 5.41) is 6.21. The molecule has 0 aromatic heterocycles. The number of benzene rings is 3. The first-order valence-electron chi connectivity index (χ1n) is 11.7. The summed E-state index contributed by atoms with van der Waals surface area (Å²) in [5.41, 5.74) is 2.17. The van der Waals surface area contributed by atoms with Crippen LogP contribution in [0.4, 0.5) is 11.4 Å². The van der Waals surface area contributed by atoms with E-state index in [-0.39, 0.29) is 44.1 Å². The molecule has 1 fully saturated rings. The van der Waals surface area contributed by atoms with E-state index in [0.717, 1.165) is 5.56 Å². The number of ether oxygens (including phenoxy) is 3. The van der Waals surface area contributed by atoms with Crippen LogP contribution in [-0.2, 0) is 20.9 Å². The molecule has 0 aliphatic carbocycles. The summed E-state index contributed by atoms with van der Waals surface area (Å²) in [7, 11) is 0.